The first-order chi connectivity index (χ1) is 17.1. The summed E-state index contributed by atoms with van der Waals surface area (Å²) in [6.07, 6.45) is 2.81. The van der Waals surface area contributed by atoms with Crippen molar-refractivity contribution in [3.63, 3.8) is 0 Å². The van der Waals surface area contributed by atoms with Gasteiger partial charge in [-0.15, -0.1) is 16.8 Å². The zero-order chi connectivity index (χ0) is 24.5. The molecular weight excluding hydrogens is 458 g/mol. The summed E-state index contributed by atoms with van der Waals surface area (Å²) in [5, 5.41) is 0.617. The van der Waals surface area contributed by atoms with E-state index in [-0.39, 0.29) is 24.0 Å². The second kappa shape index (κ2) is 11.8. The standard InChI is InChI=1S/C29H29NO4S/c31-26-20-21-27(32)30(26)34-28(33)19-11-4-12-22-35-29(23-13-5-1-6-14-23,24-15-7-2-8-16-24)25-17-9-3-10-18-25/h1-3,5-10,13-18H,4,11-12,19-22H2. The van der Waals surface area contributed by atoms with Gasteiger partial charge in [-0.3, -0.25) is 9.59 Å². The number of hydrogen-bond donors (Lipinski definition) is 0. The van der Waals surface area contributed by atoms with E-state index in [0.717, 1.165) is 18.6 Å². The highest BCUT2D eigenvalue weighted by Gasteiger charge is 2.36. The molecule has 1 saturated heterocycles. The molecule has 1 aliphatic heterocycles. The van der Waals surface area contributed by atoms with Crippen LogP contribution in [0.15, 0.2) is 91.0 Å². The maximum Gasteiger partial charge on any atom is 0.333 e. The van der Waals surface area contributed by atoms with E-state index in [1.807, 2.05) is 30.0 Å². The van der Waals surface area contributed by atoms with Crippen LogP contribution in [0.1, 0.15) is 55.2 Å². The van der Waals surface area contributed by atoms with E-state index in [9.17, 15) is 14.4 Å². The molecule has 6 heteroatoms. The summed E-state index contributed by atoms with van der Waals surface area (Å²) in [5.74, 6) is -0.525. The largest absolute Gasteiger partial charge is 0.333 e. The molecule has 0 bridgehead atoms. The molecule has 5 nitrogen and oxygen atoms in total. The molecule has 180 valence electrons. The van der Waals surface area contributed by atoms with Crippen molar-refractivity contribution in [3.8, 4) is 0 Å². The van der Waals surface area contributed by atoms with E-state index >= 15 is 0 Å². The second-order valence-electron chi connectivity index (χ2n) is 8.48. The van der Waals surface area contributed by atoms with Gasteiger partial charge >= 0.3 is 5.97 Å². The predicted molar refractivity (Wildman–Crippen MR) is 137 cm³/mol. The minimum absolute atomic E-state index is 0.106. The van der Waals surface area contributed by atoms with Gasteiger partial charge in [0, 0.05) is 19.3 Å². The summed E-state index contributed by atoms with van der Waals surface area (Å²) in [6.45, 7) is 0. The van der Waals surface area contributed by atoms with Crippen molar-refractivity contribution in [1.82, 2.24) is 5.06 Å². The van der Waals surface area contributed by atoms with Gasteiger partial charge in [-0.05, 0) is 35.3 Å². The molecule has 1 heterocycles. The van der Waals surface area contributed by atoms with Gasteiger partial charge in [0.15, 0.2) is 0 Å². The molecule has 1 fully saturated rings. The Balaban J connectivity index is 1.41. The predicted octanol–water partition coefficient (Wildman–Crippen LogP) is 5.88. The molecule has 1 aliphatic rings. The SMILES string of the molecule is O=C(CCCCCSC(c1ccccc1)(c1ccccc1)c1ccccc1)ON1C(=O)CCC1=O. The Hall–Kier alpha value is -3.38. The molecule has 0 atom stereocenters. The van der Waals surface area contributed by atoms with Crippen LogP contribution in [0.5, 0.6) is 0 Å². The average Bonchev–Trinajstić information content (AvgIpc) is 3.22. The fraction of sp³-hybridized carbons (Fsp3) is 0.276. The van der Waals surface area contributed by atoms with Crippen molar-refractivity contribution in [2.24, 2.45) is 0 Å². The van der Waals surface area contributed by atoms with Crippen LogP contribution >= 0.6 is 11.8 Å². The lowest BCUT2D eigenvalue weighted by Crippen LogP contribution is -2.31. The first kappa shape index (κ1) is 24.7. The molecular formula is C29H29NO4S. The monoisotopic (exact) mass is 487 g/mol. The third-order valence-electron chi connectivity index (χ3n) is 6.08. The Labute approximate surface area is 210 Å². The van der Waals surface area contributed by atoms with Gasteiger partial charge in [0.1, 0.15) is 0 Å². The number of unbranched alkanes of at least 4 members (excludes halogenated alkanes) is 2. The van der Waals surface area contributed by atoms with Crippen LogP contribution in [0.25, 0.3) is 0 Å². The van der Waals surface area contributed by atoms with Crippen LogP contribution in [0.2, 0.25) is 0 Å². The molecule has 3 aromatic carbocycles. The quantitative estimate of drug-likeness (QED) is 0.192. The van der Waals surface area contributed by atoms with E-state index in [1.54, 1.807) is 0 Å². The van der Waals surface area contributed by atoms with Gasteiger partial charge in [0.2, 0.25) is 0 Å². The summed E-state index contributed by atoms with van der Waals surface area (Å²) < 4.78 is -0.348. The lowest BCUT2D eigenvalue weighted by Gasteiger charge is -2.35. The maximum atomic E-state index is 12.1. The molecule has 35 heavy (non-hydrogen) atoms. The van der Waals surface area contributed by atoms with Gasteiger partial charge in [0.25, 0.3) is 11.8 Å². The third-order valence-corrected chi connectivity index (χ3v) is 7.72. The van der Waals surface area contributed by atoms with Gasteiger partial charge in [-0.1, -0.05) is 97.4 Å². The second-order valence-corrected chi connectivity index (χ2v) is 9.79. The highest BCUT2D eigenvalue weighted by molar-refractivity contribution is 8.00. The van der Waals surface area contributed by atoms with Crippen LogP contribution < -0.4 is 0 Å². The van der Waals surface area contributed by atoms with E-state index in [0.29, 0.717) is 11.5 Å². The Morgan fingerprint density at radius 2 is 1.17 bits per heavy atom. The number of carbonyl (C=O) groups is 3. The van der Waals surface area contributed by atoms with Crippen LogP contribution in [-0.4, -0.2) is 28.6 Å². The first-order valence-corrected chi connectivity index (χ1v) is 13.0. The Morgan fingerprint density at radius 3 is 1.63 bits per heavy atom. The summed E-state index contributed by atoms with van der Waals surface area (Å²) in [7, 11) is 0. The van der Waals surface area contributed by atoms with Gasteiger partial charge in [-0.2, -0.15) is 0 Å². The normalized spacial score (nSPS) is 13.8. The smallest absolute Gasteiger partial charge is 0.330 e. The van der Waals surface area contributed by atoms with Crippen molar-refractivity contribution < 1.29 is 19.2 Å². The fourth-order valence-corrected chi connectivity index (χ4v) is 5.91. The number of hydroxylamine groups is 2. The topological polar surface area (TPSA) is 63.7 Å². The molecule has 0 N–H and O–H groups in total. The van der Waals surface area contributed by atoms with Crippen molar-refractivity contribution in [3.05, 3.63) is 108 Å². The summed E-state index contributed by atoms with van der Waals surface area (Å²) in [4.78, 5) is 40.2. The molecule has 4 rings (SSSR count). The van der Waals surface area contributed by atoms with Crippen molar-refractivity contribution in [2.75, 3.05) is 5.75 Å². The van der Waals surface area contributed by atoms with Gasteiger partial charge in [-0.25, -0.2) is 4.79 Å². The van der Waals surface area contributed by atoms with E-state index in [2.05, 4.69) is 72.8 Å². The lowest BCUT2D eigenvalue weighted by atomic mass is 9.84. The van der Waals surface area contributed by atoms with Crippen LogP contribution in [0.4, 0.5) is 0 Å². The van der Waals surface area contributed by atoms with Crippen molar-refractivity contribution >= 4 is 29.5 Å². The number of rotatable bonds is 11. The molecule has 0 spiro atoms. The summed E-state index contributed by atoms with van der Waals surface area (Å²) in [5.41, 5.74) is 3.68. The highest BCUT2D eigenvalue weighted by Crippen LogP contribution is 2.48. The highest BCUT2D eigenvalue weighted by atomic mass is 32.2. The van der Waals surface area contributed by atoms with Crippen molar-refractivity contribution in [1.29, 1.82) is 0 Å². The van der Waals surface area contributed by atoms with Crippen LogP contribution in [0.3, 0.4) is 0 Å². The lowest BCUT2D eigenvalue weighted by molar-refractivity contribution is -0.197. The molecule has 3 aromatic rings. The molecule has 0 saturated carbocycles. The molecule has 2 amide bonds. The molecule has 0 unspecified atom stereocenters. The van der Waals surface area contributed by atoms with E-state index in [4.69, 9.17) is 4.84 Å². The average molecular weight is 488 g/mol. The van der Waals surface area contributed by atoms with Crippen LogP contribution in [-0.2, 0) is 24.0 Å². The number of nitrogens with zero attached hydrogens (tertiary/aromatic N) is 1. The first-order valence-electron chi connectivity index (χ1n) is 12.0. The molecule has 0 aliphatic carbocycles. The maximum absolute atomic E-state index is 12.1. The zero-order valence-electron chi connectivity index (χ0n) is 19.6. The minimum Gasteiger partial charge on any atom is -0.330 e. The van der Waals surface area contributed by atoms with Crippen LogP contribution in [0, 0.1) is 0 Å². The molecule has 0 aromatic heterocycles. The minimum atomic E-state index is -0.534. The zero-order valence-corrected chi connectivity index (χ0v) is 20.4. The number of benzene rings is 3. The van der Waals surface area contributed by atoms with Gasteiger partial charge in [0.05, 0.1) is 4.75 Å². The number of amides is 2. The van der Waals surface area contributed by atoms with Gasteiger partial charge < -0.3 is 4.84 Å². The van der Waals surface area contributed by atoms with E-state index < -0.39 is 17.8 Å². The number of thioether (sulfide) groups is 1. The Bertz CT molecular complexity index is 1020. The van der Waals surface area contributed by atoms with E-state index in [1.165, 1.54) is 16.7 Å². The Kier molecular flexibility index (Phi) is 8.37. The fourth-order valence-electron chi connectivity index (χ4n) is 4.35. The number of hydrogen-bond acceptors (Lipinski definition) is 5. The summed E-state index contributed by atoms with van der Waals surface area (Å²) in [6, 6.07) is 31.7. The third kappa shape index (κ3) is 5.82. The van der Waals surface area contributed by atoms with Crippen molar-refractivity contribution in [2.45, 2.75) is 43.3 Å². The molecule has 0 radical (unpaired) electrons. The Morgan fingerprint density at radius 1 is 0.714 bits per heavy atom. The summed E-state index contributed by atoms with van der Waals surface area (Å²) >= 11 is 1.90. The number of carbonyl (C=O) groups excluding carboxylic acids is 3. The number of imide groups is 1.